The highest BCUT2D eigenvalue weighted by Crippen LogP contribution is 2.35. The number of anilines is 1. The SMILES string of the molecule is COc1cc(COC(=O)Nc2cccc(OC3CC3)c2)cc2c1CN(C1CCC(=O)NC1=O)C2=O. The van der Waals surface area contributed by atoms with Crippen molar-refractivity contribution in [3.8, 4) is 11.5 Å². The molecule has 2 heterocycles. The van der Waals surface area contributed by atoms with Gasteiger partial charge >= 0.3 is 6.09 Å². The molecule has 3 aliphatic rings. The summed E-state index contributed by atoms with van der Waals surface area (Å²) in [6.07, 6.45) is 2.13. The molecule has 2 aliphatic heterocycles. The van der Waals surface area contributed by atoms with Crippen molar-refractivity contribution in [1.82, 2.24) is 10.2 Å². The first-order chi connectivity index (χ1) is 16.9. The van der Waals surface area contributed by atoms with Crippen LogP contribution in [0.25, 0.3) is 0 Å². The van der Waals surface area contributed by atoms with Crippen LogP contribution in [0.5, 0.6) is 11.5 Å². The second kappa shape index (κ2) is 9.28. The lowest BCUT2D eigenvalue weighted by Gasteiger charge is -2.29. The van der Waals surface area contributed by atoms with Gasteiger partial charge in [0.1, 0.15) is 24.1 Å². The van der Waals surface area contributed by atoms with E-state index in [0.29, 0.717) is 33.9 Å². The number of ether oxygens (including phenoxy) is 3. The van der Waals surface area contributed by atoms with Gasteiger partial charge in [0.15, 0.2) is 0 Å². The summed E-state index contributed by atoms with van der Waals surface area (Å²) < 4.78 is 16.6. The van der Waals surface area contributed by atoms with E-state index in [1.54, 1.807) is 30.3 Å². The van der Waals surface area contributed by atoms with Gasteiger partial charge in [0.25, 0.3) is 5.91 Å². The number of piperidine rings is 1. The van der Waals surface area contributed by atoms with Gasteiger partial charge in [0.05, 0.1) is 19.8 Å². The van der Waals surface area contributed by atoms with Gasteiger partial charge in [-0.15, -0.1) is 0 Å². The zero-order valence-corrected chi connectivity index (χ0v) is 19.2. The number of rotatable bonds is 7. The first-order valence-corrected chi connectivity index (χ1v) is 11.5. The summed E-state index contributed by atoms with van der Waals surface area (Å²) in [4.78, 5) is 50.7. The number of nitrogens with zero attached hydrogens (tertiary/aromatic N) is 1. The molecule has 1 atom stereocenters. The van der Waals surface area contributed by atoms with Crippen LogP contribution in [0.1, 0.15) is 47.2 Å². The molecule has 10 nitrogen and oxygen atoms in total. The Hall–Kier alpha value is -4.08. The van der Waals surface area contributed by atoms with E-state index < -0.39 is 18.0 Å². The predicted molar refractivity (Wildman–Crippen MR) is 123 cm³/mol. The third kappa shape index (κ3) is 4.91. The van der Waals surface area contributed by atoms with Crippen LogP contribution < -0.4 is 20.1 Å². The molecule has 4 amide bonds. The van der Waals surface area contributed by atoms with E-state index in [9.17, 15) is 19.2 Å². The number of hydrogen-bond acceptors (Lipinski definition) is 7. The van der Waals surface area contributed by atoms with E-state index >= 15 is 0 Å². The lowest BCUT2D eigenvalue weighted by molar-refractivity contribution is -0.136. The number of methoxy groups -OCH3 is 1. The van der Waals surface area contributed by atoms with Crippen molar-refractivity contribution in [1.29, 1.82) is 0 Å². The minimum absolute atomic E-state index is 0.0839. The lowest BCUT2D eigenvalue weighted by atomic mass is 10.0. The fraction of sp³-hybridized carbons (Fsp3) is 0.360. The highest BCUT2D eigenvalue weighted by molar-refractivity contribution is 6.05. The molecule has 1 unspecified atom stereocenters. The van der Waals surface area contributed by atoms with Gasteiger partial charge in [0.2, 0.25) is 11.8 Å². The fourth-order valence-corrected chi connectivity index (χ4v) is 4.28. The molecule has 35 heavy (non-hydrogen) atoms. The summed E-state index contributed by atoms with van der Waals surface area (Å²) >= 11 is 0. The molecule has 0 spiro atoms. The van der Waals surface area contributed by atoms with Gasteiger partial charge in [-0.1, -0.05) is 6.07 Å². The fourth-order valence-electron chi connectivity index (χ4n) is 4.28. The minimum Gasteiger partial charge on any atom is -0.496 e. The summed E-state index contributed by atoms with van der Waals surface area (Å²) in [6.45, 7) is 0.115. The lowest BCUT2D eigenvalue weighted by Crippen LogP contribution is -2.52. The number of carbonyl (C=O) groups excluding carboxylic acids is 4. The average molecular weight is 479 g/mol. The molecule has 182 valence electrons. The van der Waals surface area contributed by atoms with Crippen molar-refractivity contribution >= 4 is 29.5 Å². The van der Waals surface area contributed by atoms with E-state index in [1.807, 2.05) is 6.07 Å². The van der Waals surface area contributed by atoms with Crippen molar-refractivity contribution in [2.45, 2.75) is 51.0 Å². The number of imide groups is 1. The summed E-state index contributed by atoms with van der Waals surface area (Å²) in [7, 11) is 1.49. The van der Waals surface area contributed by atoms with Crippen LogP contribution in [0.4, 0.5) is 10.5 Å². The molecule has 1 saturated heterocycles. The molecule has 0 radical (unpaired) electrons. The van der Waals surface area contributed by atoms with Crippen LogP contribution in [0.3, 0.4) is 0 Å². The summed E-state index contributed by atoms with van der Waals surface area (Å²) in [5.41, 5.74) is 2.16. The molecule has 0 aromatic heterocycles. The third-order valence-electron chi connectivity index (χ3n) is 6.17. The quantitative estimate of drug-likeness (QED) is 0.586. The van der Waals surface area contributed by atoms with Gasteiger partial charge in [-0.25, -0.2) is 4.79 Å². The Labute approximate surface area is 201 Å². The van der Waals surface area contributed by atoms with E-state index in [2.05, 4.69) is 10.6 Å². The van der Waals surface area contributed by atoms with Crippen molar-refractivity contribution in [2.24, 2.45) is 0 Å². The molecular formula is C25H25N3O7. The molecule has 1 saturated carbocycles. The smallest absolute Gasteiger partial charge is 0.411 e. The maximum absolute atomic E-state index is 13.1. The number of hydrogen-bond donors (Lipinski definition) is 2. The van der Waals surface area contributed by atoms with Gasteiger partial charge in [-0.2, -0.15) is 0 Å². The Kier molecular flexibility index (Phi) is 6.02. The molecule has 0 bridgehead atoms. The van der Waals surface area contributed by atoms with Gasteiger partial charge in [0, 0.05) is 29.3 Å². The Morgan fingerprint density at radius 2 is 1.97 bits per heavy atom. The first-order valence-electron chi connectivity index (χ1n) is 11.5. The van der Waals surface area contributed by atoms with Crippen molar-refractivity contribution in [3.05, 3.63) is 53.1 Å². The van der Waals surface area contributed by atoms with Crippen LogP contribution in [-0.2, 0) is 27.5 Å². The largest absolute Gasteiger partial charge is 0.496 e. The first kappa shape index (κ1) is 22.7. The van der Waals surface area contributed by atoms with E-state index in [1.165, 1.54) is 12.0 Å². The second-order valence-electron chi connectivity index (χ2n) is 8.77. The van der Waals surface area contributed by atoms with Gasteiger partial charge in [-0.05, 0) is 49.1 Å². The second-order valence-corrected chi connectivity index (χ2v) is 8.77. The van der Waals surface area contributed by atoms with Gasteiger partial charge in [-0.3, -0.25) is 25.0 Å². The number of benzene rings is 2. The molecule has 2 aromatic rings. The van der Waals surface area contributed by atoms with Crippen molar-refractivity contribution < 1.29 is 33.4 Å². The number of nitrogens with one attached hydrogen (secondary N) is 2. The van der Waals surface area contributed by atoms with Crippen LogP contribution in [0, 0.1) is 0 Å². The summed E-state index contributed by atoms with van der Waals surface area (Å²) in [6, 6.07) is 9.73. The topological polar surface area (TPSA) is 123 Å². The Morgan fingerprint density at radius 1 is 1.14 bits per heavy atom. The Morgan fingerprint density at radius 3 is 2.71 bits per heavy atom. The standard InChI is InChI=1S/C25H25N3O7/c1-33-21-10-14(13-34-25(32)26-15-3-2-4-17(11-15)35-16-5-6-16)9-18-19(21)12-28(24(18)31)20-7-8-22(29)27-23(20)30/h2-4,9-11,16,20H,5-8,12-13H2,1H3,(H,26,32)(H,27,29,30). The predicted octanol–water partition coefficient (Wildman–Crippen LogP) is 2.75. The molecule has 5 rings (SSSR count). The maximum Gasteiger partial charge on any atom is 0.411 e. The van der Waals surface area contributed by atoms with E-state index in [0.717, 1.165) is 12.8 Å². The van der Waals surface area contributed by atoms with Gasteiger partial charge < -0.3 is 19.1 Å². The summed E-state index contributed by atoms with van der Waals surface area (Å²) in [5, 5.41) is 4.96. The zero-order chi connectivity index (χ0) is 24.5. The monoisotopic (exact) mass is 479 g/mol. The van der Waals surface area contributed by atoms with E-state index in [4.69, 9.17) is 14.2 Å². The highest BCUT2D eigenvalue weighted by atomic mass is 16.5. The number of carbonyl (C=O) groups is 4. The van der Waals surface area contributed by atoms with Crippen LogP contribution in [-0.4, -0.2) is 48.0 Å². The number of fused-ring (bicyclic) bond motifs is 1. The van der Waals surface area contributed by atoms with Crippen LogP contribution in [0.15, 0.2) is 36.4 Å². The minimum atomic E-state index is -0.720. The molecule has 10 heteroatoms. The Bertz CT molecular complexity index is 1210. The molecule has 1 aliphatic carbocycles. The average Bonchev–Trinajstić information content (AvgIpc) is 3.59. The Balaban J connectivity index is 1.24. The highest BCUT2D eigenvalue weighted by Gasteiger charge is 2.40. The molecule has 2 N–H and O–H groups in total. The molecule has 2 fully saturated rings. The van der Waals surface area contributed by atoms with Crippen molar-refractivity contribution in [3.63, 3.8) is 0 Å². The van der Waals surface area contributed by atoms with Crippen molar-refractivity contribution in [2.75, 3.05) is 12.4 Å². The zero-order valence-electron chi connectivity index (χ0n) is 19.2. The normalized spacial score (nSPS) is 19.2. The molecule has 2 aromatic carbocycles. The van der Waals surface area contributed by atoms with E-state index in [-0.39, 0.29) is 43.9 Å². The maximum atomic E-state index is 13.1. The third-order valence-corrected chi connectivity index (χ3v) is 6.17. The summed E-state index contributed by atoms with van der Waals surface area (Å²) in [5.74, 6) is 0.00923. The van der Waals surface area contributed by atoms with Crippen LogP contribution in [0.2, 0.25) is 0 Å². The number of amides is 4. The molecular weight excluding hydrogens is 454 g/mol. The van der Waals surface area contributed by atoms with Crippen LogP contribution >= 0.6 is 0 Å².